The number of hydrogen-bond donors (Lipinski definition) is 0. The predicted molar refractivity (Wildman–Crippen MR) is 77.1 cm³/mol. The van der Waals surface area contributed by atoms with Crippen molar-refractivity contribution >= 4 is 17.5 Å². The average molecular weight is 327 g/mol. The minimum Gasteiger partial charge on any atom is -0.466 e. The number of nitrogens with zero attached hydrogens (tertiary/aromatic N) is 3. The van der Waals surface area contributed by atoms with Crippen LogP contribution in [0.15, 0.2) is 12.3 Å². The molecule has 0 N–H and O–H groups in total. The monoisotopic (exact) mass is 327 g/mol. The van der Waals surface area contributed by atoms with E-state index < -0.39 is 17.6 Å². The van der Waals surface area contributed by atoms with Crippen molar-refractivity contribution in [2.45, 2.75) is 25.9 Å². The van der Waals surface area contributed by atoms with Crippen LogP contribution < -0.4 is 4.90 Å². The van der Waals surface area contributed by atoms with Gasteiger partial charge in [0.2, 0.25) is 0 Å². The van der Waals surface area contributed by atoms with E-state index in [1.54, 1.807) is 11.8 Å². The summed E-state index contributed by atoms with van der Waals surface area (Å²) in [5.74, 6) is -1.13. The largest absolute Gasteiger partial charge is 0.466 e. The summed E-state index contributed by atoms with van der Waals surface area (Å²) in [6.07, 6.45) is -2.31. The summed E-state index contributed by atoms with van der Waals surface area (Å²) >= 11 is 0. The van der Waals surface area contributed by atoms with E-state index in [0.717, 1.165) is 6.07 Å². The molecule has 0 spiro atoms. The van der Waals surface area contributed by atoms with Crippen LogP contribution in [-0.4, -0.2) is 30.6 Å². The smallest absolute Gasteiger partial charge is 0.409 e. The van der Waals surface area contributed by atoms with Gasteiger partial charge >= 0.3 is 12.1 Å². The third-order valence-electron chi connectivity index (χ3n) is 3.74. The van der Waals surface area contributed by atoms with Crippen molar-refractivity contribution in [3.63, 3.8) is 0 Å². The van der Waals surface area contributed by atoms with Crippen molar-refractivity contribution in [2.24, 2.45) is 5.92 Å². The van der Waals surface area contributed by atoms with Gasteiger partial charge in [0.1, 0.15) is 6.20 Å². The minimum atomic E-state index is -4.62. The molecular formula is C15H16F3N3O2. The predicted octanol–water partition coefficient (Wildman–Crippen LogP) is 3.43. The van der Waals surface area contributed by atoms with Crippen LogP contribution >= 0.6 is 0 Å². The molecule has 0 aromatic carbocycles. The van der Waals surface area contributed by atoms with Crippen LogP contribution in [0.1, 0.15) is 25.3 Å². The van der Waals surface area contributed by atoms with Crippen LogP contribution in [0.25, 0.3) is 4.85 Å². The fourth-order valence-electron chi connectivity index (χ4n) is 2.55. The number of carbonyl (C=O) groups is 1. The Bertz CT molecular complexity index is 617. The Hall–Kier alpha value is -2.30. The first kappa shape index (κ1) is 17.1. The molecule has 0 aliphatic carbocycles. The molecule has 0 unspecified atom stereocenters. The molecule has 0 radical (unpaired) electrons. The Morgan fingerprint density at radius 2 is 2.13 bits per heavy atom. The summed E-state index contributed by atoms with van der Waals surface area (Å²) in [7, 11) is 0. The molecule has 1 aromatic rings. The second kappa shape index (κ2) is 6.86. The van der Waals surface area contributed by atoms with Gasteiger partial charge in [-0.3, -0.25) is 4.79 Å². The van der Waals surface area contributed by atoms with E-state index in [0.29, 0.717) is 38.2 Å². The molecule has 1 saturated heterocycles. The molecule has 23 heavy (non-hydrogen) atoms. The molecule has 1 fully saturated rings. The third-order valence-corrected chi connectivity index (χ3v) is 3.74. The van der Waals surface area contributed by atoms with Crippen LogP contribution in [0.5, 0.6) is 0 Å². The van der Waals surface area contributed by atoms with E-state index in [-0.39, 0.29) is 11.9 Å². The fourth-order valence-corrected chi connectivity index (χ4v) is 2.55. The van der Waals surface area contributed by atoms with Crippen molar-refractivity contribution in [1.82, 2.24) is 4.98 Å². The van der Waals surface area contributed by atoms with E-state index in [2.05, 4.69) is 9.83 Å². The van der Waals surface area contributed by atoms with Crippen LogP contribution in [0.3, 0.4) is 0 Å². The topological polar surface area (TPSA) is 46.8 Å². The number of pyridine rings is 1. The zero-order valence-electron chi connectivity index (χ0n) is 12.6. The normalized spacial score (nSPS) is 16.0. The first-order valence-electron chi connectivity index (χ1n) is 7.23. The quantitative estimate of drug-likeness (QED) is 0.630. The zero-order chi connectivity index (χ0) is 17.0. The summed E-state index contributed by atoms with van der Waals surface area (Å²) in [6.45, 7) is 9.73. The van der Waals surface area contributed by atoms with Crippen molar-refractivity contribution in [3.05, 3.63) is 29.2 Å². The van der Waals surface area contributed by atoms with E-state index in [4.69, 9.17) is 11.3 Å². The third kappa shape index (κ3) is 3.92. The van der Waals surface area contributed by atoms with Crippen LogP contribution in [0, 0.1) is 12.5 Å². The Kier molecular flexibility index (Phi) is 5.08. The Morgan fingerprint density at radius 3 is 2.65 bits per heavy atom. The molecule has 2 rings (SSSR count). The Labute approximate surface area is 131 Å². The lowest BCUT2D eigenvalue weighted by atomic mass is 9.96. The van der Waals surface area contributed by atoms with Gasteiger partial charge in [-0.25, -0.2) is 0 Å². The van der Waals surface area contributed by atoms with Gasteiger partial charge in [-0.05, 0) is 25.8 Å². The Balaban J connectivity index is 2.13. The highest BCUT2D eigenvalue weighted by Crippen LogP contribution is 2.37. The molecular weight excluding hydrogens is 311 g/mol. The van der Waals surface area contributed by atoms with Gasteiger partial charge in [0.15, 0.2) is 0 Å². The minimum absolute atomic E-state index is 0.219. The number of rotatable bonds is 3. The number of piperidine rings is 1. The number of halogens is 3. The summed E-state index contributed by atoms with van der Waals surface area (Å²) in [5.41, 5.74) is -0.718. The highest BCUT2D eigenvalue weighted by atomic mass is 19.4. The first-order chi connectivity index (χ1) is 10.9. The highest BCUT2D eigenvalue weighted by molar-refractivity contribution is 5.73. The van der Waals surface area contributed by atoms with Crippen LogP contribution in [0.2, 0.25) is 0 Å². The first-order valence-corrected chi connectivity index (χ1v) is 7.23. The molecule has 0 saturated carbocycles. The highest BCUT2D eigenvalue weighted by Gasteiger charge is 2.35. The maximum Gasteiger partial charge on any atom is 0.409 e. The summed E-state index contributed by atoms with van der Waals surface area (Å²) in [5, 5.41) is 0. The number of anilines is 1. The van der Waals surface area contributed by atoms with Gasteiger partial charge in [0.05, 0.1) is 23.8 Å². The van der Waals surface area contributed by atoms with Gasteiger partial charge < -0.3 is 14.5 Å². The van der Waals surface area contributed by atoms with Gasteiger partial charge in [-0.15, -0.1) is 4.98 Å². The molecule has 1 aliphatic heterocycles. The molecule has 0 atom stereocenters. The molecule has 0 bridgehead atoms. The van der Waals surface area contributed by atoms with Gasteiger partial charge in [-0.1, -0.05) is 6.57 Å². The Morgan fingerprint density at radius 1 is 1.48 bits per heavy atom. The summed E-state index contributed by atoms with van der Waals surface area (Å²) in [6, 6.07) is 0.949. The van der Waals surface area contributed by atoms with E-state index >= 15 is 0 Å². The second-order valence-electron chi connectivity index (χ2n) is 5.19. The molecule has 1 aromatic heterocycles. The lowest BCUT2D eigenvalue weighted by Crippen LogP contribution is -2.37. The van der Waals surface area contributed by atoms with Crippen molar-refractivity contribution < 1.29 is 22.7 Å². The molecule has 0 amide bonds. The average Bonchev–Trinajstić information content (AvgIpc) is 2.54. The number of esters is 1. The van der Waals surface area contributed by atoms with Crippen molar-refractivity contribution in [3.8, 4) is 0 Å². The maximum atomic E-state index is 13.0. The van der Waals surface area contributed by atoms with E-state index in [1.807, 2.05) is 0 Å². The van der Waals surface area contributed by atoms with Crippen molar-refractivity contribution in [2.75, 3.05) is 24.6 Å². The van der Waals surface area contributed by atoms with E-state index in [1.165, 1.54) is 6.20 Å². The molecule has 5 nitrogen and oxygen atoms in total. The van der Waals surface area contributed by atoms with Crippen LogP contribution in [-0.2, 0) is 15.7 Å². The van der Waals surface area contributed by atoms with Gasteiger partial charge in [-0.2, -0.15) is 13.2 Å². The SMILES string of the molecule is [C-]#[N+]c1ncc(N2CCC(C(=O)OCC)CC2)cc1C(F)(F)F. The number of carbonyl (C=O) groups excluding carboxylic acids is 1. The van der Waals surface area contributed by atoms with Crippen molar-refractivity contribution in [1.29, 1.82) is 0 Å². The van der Waals surface area contributed by atoms with E-state index in [9.17, 15) is 18.0 Å². The lowest BCUT2D eigenvalue weighted by Gasteiger charge is -2.32. The lowest BCUT2D eigenvalue weighted by molar-refractivity contribution is -0.148. The molecule has 1 aliphatic rings. The molecule has 8 heteroatoms. The summed E-state index contributed by atoms with van der Waals surface area (Å²) in [4.78, 5) is 19.9. The molecule has 124 valence electrons. The maximum absolute atomic E-state index is 13.0. The van der Waals surface area contributed by atoms with Gasteiger partial charge in [0.25, 0.3) is 5.82 Å². The zero-order valence-corrected chi connectivity index (χ0v) is 12.6. The number of hydrogen-bond acceptors (Lipinski definition) is 4. The number of alkyl halides is 3. The number of ether oxygens (including phenoxy) is 1. The van der Waals surface area contributed by atoms with Gasteiger partial charge in [0, 0.05) is 13.1 Å². The number of aromatic nitrogens is 1. The fraction of sp³-hybridized carbons (Fsp3) is 0.533. The van der Waals surface area contributed by atoms with Crippen LogP contribution in [0.4, 0.5) is 24.7 Å². The summed E-state index contributed by atoms with van der Waals surface area (Å²) < 4.78 is 43.9. The standard InChI is InChI=1S/C15H16F3N3O2/c1-3-23-14(22)10-4-6-21(7-5-10)11-8-12(15(16,17)18)13(19-2)20-9-11/h8-10H,3-7H2,1H3. The molecule has 2 heterocycles. The second-order valence-corrected chi connectivity index (χ2v) is 5.19.